The molecule has 0 aromatic heterocycles. The summed E-state index contributed by atoms with van der Waals surface area (Å²) in [6.07, 6.45) is 3.75. The van der Waals surface area contributed by atoms with Gasteiger partial charge in [-0.3, -0.25) is 14.5 Å². The average Bonchev–Trinajstić information content (AvgIpc) is 2.56. The van der Waals surface area contributed by atoms with E-state index in [1.165, 1.54) is 4.90 Å². The van der Waals surface area contributed by atoms with Crippen LogP contribution in [0, 0.1) is 11.8 Å². The van der Waals surface area contributed by atoms with E-state index in [1.807, 2.05) is 0 Å². The van der Waals surface area contributed by atoms with Crippen LogP contribution in [-0.4, -0.2) is 34.0 Å². The highest BCUT2D eigenvalue weighted by molar-refractivity contribution is 6.04. The number of aliphatic hydroxyl groups is 1. The summed E-state index contributed by atoms with van der Waals surface area (Å²) in [4.78, 5) is 25.4. The molecule has 96 valence electrons. The van der Waals surface area contributed by atoms with Crippen LogP contribution in [0.5, 0.6) is 0 Å². The Hall–Kier alpha value is -0.900. The number of imide groups is 1. The van der Waals surface area contributed by atoms with E-state index in [1.54, 1.807) is 6.92 Å². The van der Waals surface area contributed by atoms with Crippen LogP contribution in [-0.2, 0) is 9.59 Å². The van der Waals surface area contributed by atoms with Crippen LogP contribution in [0.2, 0.25) is 0 Å². The van der Waals surface area contributed by atoms with Crippen molar-refractivity contribution in [3.63, 3.8) is 0 Å². The molecule has 1 aliphatic carbocycles. The van der Waals surface area contributed by atoms with Gasteiger partial charge in [-0.05, 0) is 31.6 Å². The van der Waals surface area contributed by atoms with E-state index in [-0.39, 0.29) is 24.3 Å². The Morgan fingerprint density at radius 1 is 1.29 bits per heavy atom. The molecule has 0 bridgehead atoms. The van der Waals surface area contributed by atoms with Gasteiger partial charge in [0, 0.05) is 12.3 Å². The Morgan fingerprint density at radius 3 is 2.29 bits per heavy atom. The smallest absolute Gasteiger partial charge is 0.233 e. The lowest BCUT2D eigenvalue weighted by Crippen LogP contribution is -2.56. The van der Waals surface area contributed by atoms with E-state index in [2.05, 4.69) is 6.92 Å². The first-order valence-electron chi connectivity index (χ1n) is 6.48. The minimum Gasteiger partial charge on any atom is -0.394 e. The van der Waals surface area contributed by atoms with Gasteiger partial charge in [-0.15, -0.1) is 0 Å². The van der Waals surface area contributed by atoms with Gasteiger partial charge >= 0.3 is 0 Å². The number of nitrogens with zero attached hydrogens (tertiary/aromatic N) is 1. The molecule has 0 aromatic rings. The number of hydrogen-bond donors (Lipinski definition) is 1. The molecule has 2 fully saturated rings. The van der Waals surface area contributed by atoms with Crippen LogP contribution < -0.4 is 0 Å². The van der Waals surface area contributed by atoms with Crippen LogP contribution in [0.4, 0.5) is 0 Å². The van der Waals surface area contributed by atoms with Crippen LogP contribution in [0.3, 0.4) is 0 Å². The zero-order chi connectivity index (χ0) is 12.6. The van der Waals surface area contributed by atoms with Gasteiger partial charge in [0.15, 0.2) is 0 Å². The van der Waals surface area contributed by atoms with Gasteiger partial charge in [0.1, 0.15) is 0 Å². The standard InChI is InChI=1S/C13H21NO3/c1-9-3-5-13(8-15,6-4-9)14-11(16)7-10(2)12(14)17/h9-10,15H,3-8H2,1-2H3. The molecule has 1 unspecified atom stereocenters. The summed E-state index contributed by atoms with van der Waals surface area (Å²) in [6, 6.07) is 0. The van der Waals surface area contributed by atoms with E-state index < -0.39 is 5.54 Å². The summed E-state index contributed by atoms with van der Waals surface area (Å²) in [6.45, 7) is 3.87. The number of hydrogen-bond acceptors (Lipinski definition) is 3. The predicted molar refractivity (Wildman–Crippen MR) is 63.1 cm³/mol. The van der Waals surface area contributed by atoms with Crippen LogP contribution in [0.1, 0.15) is 46.0 Å². The third kappa shape index (κ3) is 1.99. The first-order valence-corrected chi connectivity index (χ1v) is 6.48. The van der Waals surface area contributed by atoms with E-state index in [4.69, 9.17) is 0 Å². The second-order valence-electron chi connectivity index (χ2n) is 5.74. The number of carbonyl (C=O) groups excluding carboxylic acids is 2. The molecule has 4 heteroatoms. The van der Waals surface area contributed by atoms with Crippen LogP contribution in [0.25, 0.3) is 0 Å². The van der Waals surface area contributed by atoms with Gasteiger partial charge in [-0.2, -0.15) is 0 Å². The lowest BCUT2D eigenvalue weighted by Gasteiger charge is -2.43. The fourth-order valence-corrected chi connectivity index (χ4v) is 3.03. The average molecular weight is 239 g/mol. The molecule has 1 N–H and O–H groups in total. The Morgan fingerprint density at radius 2 is 1.88 bits per heavy atom. The number of carbonyl (C=O) groups is 2. The molecule has 1 aliphatic heterocycles. The fraction of sp³-hybridized carbons (Fsp3) is 0.846. The monoisotopic (exact) mass is 239 g/mol. The summed E-state index contributed by atoms with van der Waals surface area (Å²) in [5, 5.41) is 9.66. The van der Waals surface area contributed by atoms with Gasteiger partial charge < -0.3 is 5.11 Å². The van der Waals surface area contributed by atoms with E-state index in [9.17, 15) is 14.7 Å². The van der Waals surface area contributed by atoms with Crippen molar-refractivity contribution in [1.82, 2.24) is 4.90 Å². The minimum absolute atomic E-state index is 0.0933. The van der Waals surface area contributed by atoms with Gasteiger partial charge in [0.2, 0.25) is 11.8 Å². The molecular weight excluding hydrogens is 218 g/mol. The van der Waals surface area contributed by atoms with Crippen molar-refractivity contribution in [2.45, 2.75) is 51.5 Å². The molecule has 2 aliphatic rings. The van der Waals surface area contributed by atoms with Crippen molar-refractivity contribution < 1.29 is 14.7 Å². The second kappa shape index (κ2) is 4.41. The summed E-state index contributed by atoms with van der Waals surface area (Å²) >= 11 is 0. The molecule has 4 nitrogen and oxygen atoms in total. The summed E-state index contributed by atoms with van der Waals surface area (Å²) in [7, 11) is 0. The Kier molecular flexibility index (Phi) is 3.25. The predicted octanol–water partition coefficient (Wildman–Crippen LogP) is 1.32. The van der Waals surface area contributed by atoms with Gasteiger partial charge in [-0.1, -0.05) is 13.8 Å². The van der Waals surface area contributed by atoms with Gasteiger partial charge in [0.05, 0.1) is 12.1 Å². The van der Waals surface area contributed by atoms with Crippen molar-refractivity contribution in [2.75, 3.05) is 6.61 Å². The maximum Gasteiger partial charge on any atom is 0.233 e. The number of amides is 2. The molecular formula is C13H21NO3. The highest BCUT2D eigenvalue weighted by Gasteiger charge is 2.49. The molecule has 1 atom stereocenters. The third-order valence-electron chi connectivity index (χ3n) is 4.35. The first-order chi connectivity index (χ1) is 8.00. The minimum atomic E-state index is -0.606. The normalized spacial score (nSPS) is 38.9. The molecule has 1 heterocycles. The SMILES string of the molecule is CC1CCC(CO)(N2C(=O)CC(C)C2=O)CC1. The molecule has 0 aromatic carbocycles. The van der Waals surface area contributed by atoms with Crippen molar-refractivity contribution in [1.29, 1.82) is 0 Å². The highest BCUT2D eigenvalue weighted by Crippen LogP contribution is 2.39. The molecule has 1 saturated heterocycles. The maximum absolute atomic E-state index is 12.1. The third-order valence-corrected chi connectivity index (χ3v) is 4.35. The Balaban J connectivity index is 2.23. The lowest BCUT2D eigenvalue weighted by molar-refractivity contribution is -0.151. The van der Waals surface area contributed by atoms with Crippen molar-refractivity contribution in [3.8, 4) is 0 Å². The number of rotatable bonds is 2. The fourth-order valence-electron chi connectivity index (χ4n) is 3.03. The summed E-state index contributed by atoms with van der Waals surface area (Å²) < 4.78 is 0. The Labute approximate surface area is 102 Å². The van der Waals surface area contributed by atoms with Crippen LogP contribution >= 0.6 is 0 Å². The first kappa shape index (κ1) is 12.6. The number of aliphatic hydroxyl groups excluding tert-OH is 1. The summed E-state index contributed by atoms with van der Waals surface area (Å²) in [5.74, 6) is 0.204. The quantitative estimate of drug-likeness (QED) is 0.739. The molecule has 0 spiro atoms. The van der Waals surface area contributed by atoms with E-state index >= 15 is 0 Å². The molecule has 0 radical (unpaired) electrons. The largest absolute Gasteiger partial charge is 0.394 e. The van der Waals surface area contributed by atoms with Gasteiger partial charge in [-0.25, -0.2) is 0 Å². The van der Waals surface area contributed by atoms with Crippen molar-refractivity contribution >= 4 is 11.8 Å². The molecule has 17 heavy (non-hydrogen) atoms. The molecule has 2 amide bonds. The van der Waals surface area contributed by atoms with Gasteiger partial charge in [0.25, 0.3) is 0 Å². The highest BCUT2D eigenvalue weighted by atomic mass is 16.3. The molecule has 2 rings (SSSR count). The van der Waals surface area contributed by atoms with E-state index in [0.717, 1.165) is 25.7 Å². The van der Waals surface area contributed by atoms with Crippen LogP contribution in [0.15, 0.2) is 0 Å². The topological polar surface area (TPSA) is 57.6 Å². The van der Waals surface area contributed by atoms with E-state index in [0.29, 0.717) is 12.3 Å². The van der Waals surface area contributed by atoms with Crippen molar-refractivity contribution in [3.05, 3.63) is 0 Å². The zero-order valence-electron chi connectivity index (χ0n) is 10.6. The zero-order valence-corrected chi connectivity index (χ0v) is 10.6. The molecule has 1 saturated carbocycles. The Bertz CT molecular complexity index is 332. The summed E-state index contributed by atoms with van der Waals surface area (Å²) in [5.41, 5.74) is -0.606. The lowest BCUT2D eigenvalue weighted by atomic mass is 9.76. The number of likely N-dealkylation sites (tertiary alicyclic amines) is 1. The second-order valence-corrected chi connectivity index (χ2v) is 5.74. The van der Waals surface area contributed by atoms with Crippen molar-refractivity contribution in [2.24, 2.45) is 11.8 Å². The maximum atomic E-state index is 12.1.